The first kappa shape index (κ1) is 22.2. The number of guanidine groups is 1. The van der Waals surface area contributed by atoms with Gasteiger partial charge in [-0.1, -0.05) is 36.4 Å². The Kier molecular flexibility index (Phi) is 7.82. The Balaban J connectivity index is 1.55. The summed E-state index contributed by atoms with van der Waals surface area (Å²) >= 11 is 0. The lowest BCUT2D eigenvalue weighted by molar-refractivity contribution is -0.0212. The molecule has 3 rings (SSSR count). The van der Waals surface area contributed by atoms with Crippen LogP contribution in [-0.2, 0) is 17.8 Å². The van der Waals surface area contributed by atoms with E-state index in [0.29, 0.717) is 24.2 Å². The molecular weight excluding hydrogens is 379 g/mol. The highest BCUT2D eigenvalue weighted by molar-refractivity contribution is 5.80. The standard InChI is InChI=1S/C24H33FN4O/c1-17-8-9-22(13-23(17)25)19(3)28-24(26-4)27-14-20-6-5-7-21(12-20)16-29-10-11-30-18(2)15-29/h5-9,12-13,18-19H,10-11,14-16H2,1-4H3,(H2,26,27,28). The minimum Gasteiger partial charge on any atom is -0.376 e. The Morgan fingerprint density at radius 2 is 2.07 bits per heavy atom. The molecule has 1 aliphatic rings. The number of hydrogen-bond donors (Lipinski definition) is 2. The van der Waals surface area contributed by atoms with Gasteiger partial charge in [-0.2, -0.15) is 0 Å². The van der Waals surface area contributed by atoms with Crippen LogP contribution in [0.25, 0.3) is 0 Å². The maximum absolute atomic E-state index is 13.9. The molecule has 0 aromatic heterocycles. The SMILES string of the molecule is CN=C(NCc1cccc(CN2CCOC(C)C2)c1)NC(C)c1ccc(C)c(F)c1. The third kappa shape index (κ3) is 6.28. The van der Waals surface area contributed by atoms with Gasteiger partial charge < -0.3 is 15.4 Å². The molecule has 2 aromatic carbocycles. The van der Waals surface area contributed by atoms with Crippen LogP contribution in [-0.4, -0.2) is 43.7 Å². The number of aryl methyl sites for hydroxylation is 1. The predicted octanol–water partition coefficient (Wildman–Crippen LogP) is 3.78. The molecule has 0 radical (unpaired) electrons. The van der Waals surface area contributed by atoms with E-state index in [-0.39, 0.29) is 11.9 Å². The summed E-state index contributed by atoms with van der Waals surface area (Å²) in [6, 6.07) is 13.9. The molecule has 1 aliphatic heterocycles. The Morgan fingerprint density at radius 3 is 2.80 bits per heavy atom. The van der Waals surface area contributed by atoms with Gasteiger partial charge in [-0.3, -0.25) is 9.89 Å². The Labute approximate surface area is 179 Å². The smallest absolute Gasteiger partial charge is 0.191 e. The van der Waals surface area contributed by atoms with Gasteiger partial charge in [0.1, 0.15) is 5.82 Å². The minimum atomic E-state index is -0.185. The van der Waals surface area contributed by atoms with Crippen LogP contribution in [0.1, 0.15) is 42.1 Å². The highest BCUT2D eigenvalue weighted by Gasteiger charge is 2.16. The molecular formula is C24H33FN4O. The van der Waals surface area contributed by atoms with Crippen LogP contribution in [0.5, 0.6) is 0 Å². The van der Waals surface area contributed by atoms with Crippen LogP contribution in [0.4, 0.5) is 4.39 Å². The van der Waals surface area contributed by atoms with Gasteiger partial charge in [0.15, 0.2) is 5.96 Å². The molecule has 2 atom stereocenters. The first-order valence-corrected chi connectivity index (χ1v) is 10.6. The fraction of sp³-hybridized carbons (Fsp3) is 0.458. The molecule has 2 aromatic rings. The number of ether oxygens (including phenoxy) is 1. The van der Waals surface area contributed by atoms with Crippen LogP contribution in [0.2, 0.25) is 0 Å². The van der Waals surface area contributed by atoms with Gasteiger partial charge >= 0.3 is 0 Å². The molecule has 2 N–H and O–H groups in total. The molecule has 5 nitrogen and oxygen atoms in total. The van der Waals surface area contributed by atoms with E-state index < -0.39 is 0 Å². The van der Waals surface area contributed by atoms with E-state index >= 15 is 0 Å². The number of halogens is 1. The normalized spacial score (nSPS) is 18.8. The zero-order valence-electron chi connectivity index (χ0n) is 18.4. The largest absolute Gasteiger partial charge is 0.376 e. The van der Waals surface area contributed by atoms with Crippen molar-refractivity contribution in [3.8, 4) is 0 Å². The molecule has 1 saturated heterocycles. The molecule has 1 fully saturated rings. The highest BCUT2D eigenvalue weighted by Crippen LogP contribution is 2.16. The number of benzene rings is 2. The molecule has 0 bridgehead atoms. The average Bonchev–Trinajstić information content (AvgIpc) is 2.73. The second-order valence-corrected chi connectivity index (χ2v) is 8.04. The molecule has 0 saturated carbocycles. The van der Waals surface area contributed by atoms with Crippen molar-refractivity contribution in [3.05, 3.63) is 70.5 Å². The zero-order valence-corrected chi connectivity index (χ0v) is 18.4. The van der Waals surface area contributed by atoms with Gasteiger partial charge in [-0.15, -0.1) is 0 Å². The first-order chi connectivity index (χ1) is 14.4. The van der Waals surface area contributed by atoms with Crippen LogP contribution >= 0.6 is 0 Å². The third-order valence-electron chi connectivity index (χ3n) is 5.46. The second kappa shape index (κ2) is 10.5. The van der Waals surface area contributed by atoms with E-state index in [4.69, 9.17) is 4.74 Å². The van der Waals surface area contributed by atoms with Crippen LogP contribution in [0.15, 0.2) is 47.5 Å². The maximum Gasteiger partial charge on any atom is 0.191 e. The van der Waals surface area contributed by atoms with Gasteiger partial charge in [-0.25, -0.2) is 4.39 Å². The van der Waals surface area contributed by atoms with E-state index in [0.717, 1.165) is 31.8 Å². The summed E-state index contributed by atoms with van der Waals surface area (Å²) < 4.78 is 19.5. The lowest BCUT2D eigenvalue weighted by Gasteiger charge is -2.31. The van der Waals surface area contributed by atoms with Crippen LogP contribution < -0.4 is 10.6 Å². The molecule has 1 heterocycles. The number of nitrogens with zero attached hydrogens (tertiary/aromatic N) is 2. The topological polar surface area (TPSA) is 48.9 Å². The molecule has 0 spiro atoms. The van der Waals surface area contributed by atoms with E-state index in [1.807, 2.05) is 13.0 Å². The monoisotopic (exact) mass is 412 g/mol. The molecule has 0 aliphatic carbocycles. The summed E-state index contributed by atoms with van der Waals surface area (Å²) in [4.78, 5) is 6.75. The van der Waals surface area contributed by atoms with E-state index in [1.165, 1.54) is 11.1 Å². The van der Waals surface area contributed by atoms with E-state index in [2.05, 4.69) is 51.7 Å². The van der Waals surface area contributed by atoms with E-state index in [9.17, 15) is 4.39 Å². The van der Waals surface area contributed by atoms with Gasteiger partial charge in [-0.05, 0) is 49.1 Å². The number of hydrogen-bond acceptors (Lipinski definition) is 3. The van der Waals surface area contributed by atoms with Gasteiger partial charge in [0.2, 0.25) is 0 Å². The molecule has 30 heavy (non-hydrogen) atoms. The van der Waals surface area contributed by atoms with Crippen molar-refractivity contribution in [1.29, 1.82) is 0 Å². The van der Waals surface area contributed by atoms with Crippen molar-refractivity contribution in [2.75, 3.05) is 26.7 Å². The van der Waals surface area contributed by atoms with Gasteiger partial charge in [0.05, 0.1) is 18.8 Å². The molecule has 162 valence electrons. The summed E-state index contributed by atoms with van der Waals surface area (Å²) in [5, 5.41) is 6.70. The number of rotatable bonds is 6. The van der Waals surface area contributed by atoms with Crippen LogP contribution in [0, 0.1) is 12.7 Å². The van der Waals surface area contributed by atoms with Crippen molar-refractivity contribution < 1.29 is 9.13 Å². The summed E-state index contributed by atoms with van der Waals surface area (Å²) in [6.07, 6.45) is 0.294. The van der Waals surface area contributed by atoms with E-state index in [1.54, 1.807) is 26.1 Å². The summed E-state index contributed by atoms with van der Waals surface area (Å²) in [5.41, 5.74) is 4.04. The van der Waals surface area contributed by atoms with Crippen molar-refractivity contribution in [1.82, 2.24) is 15.5 Å². The second-order valence-electron chi connectivity index (χ2n) is 8.04. The van der Waals surface area contributed by atoms with Crippen molar-refractivity contribution in [3.63, 3.8) is 0 Å². The quantitative estimate of drug-likeness (QED) is 0.560. The Morgan fingerprint density at radius 1 is 1.27 bits per heavy atom. The van der Waals surface area contributed by atoms with Crippen molar-refractivity contribution >= 4 is 5.96 Å². The number of nitrogens with one attached hydrogen (secondary N) is 2. The summed E-state index contributed by atoms with van der Waals surface area (Å²) in [5.74, 6) is 0.506. The fourth-order valence-electron chi connectivity index (χ4n) is 3.68. The van der Waals surface area contributed by atoms with Crippen molar-refractivity contribution in [2.24, 2.45) is 4.99 Å². The lowest BCUT2D eigenvalue weighted by atomic mass is 10.1. The third-order valence-corrected chi connectivity index (χ3v) is 5.46. The number of morpholine rings is 1. The molecule has 6 heteroatoms. The van der Waals surface area contributed by atoms with Crippen LogP contribution in [0.3, 0.4) is 0 Å². The average molecular weight is 413 g/mol. The minimum absolute atomic E-state index is 0.0547. The summed E-state index contributed by atoms with van der Waals surface area (Å²) in [7, 11) is 1.74. The predicted molar refractivity (Wildman–Crippen MR) is 120 cm³/mol. The lowest BCUT2D eigenvalue weighted by Crippen LogP contribution is -2.40. The maximum atomic E-state index is 13.9. The van der Waals surface area contributed by atoms with Crippen molar-refractivity contribution in [2.45, 2.75) is 46.0 Å². The first-order valence-electron chi connectivity index (χ1n) is 10.6. The number of aliphatic imine (C=N–C) groups is 1. The van der Waals surface area contributed by atoms with Gasteiger partial charge in [0, 0.05) is 33.2 Å². The molecule has 2 unspecified atom stereocenters. The molecule has 0 amide bonds. The zero-order chi connectivity index (χ0) is 21.5. The van der Waals surface area contributed by atoms with Gasteiger partial charge in [0.25, 0.3) is 0 Å². The highest BCUT2D eigenvalue weighted by atomic mass is 19.1. The Bertz CT molecular complexity index is 870. The fourth-order valence-corrected chi connectivity index (χ4v) is 3.68. The Hall–Kier alpha value is -2.44. The summed E-state index contributed by atoms with van der Waals surface area (Å²) in [6.45, 7) is 10.2.